The maximum atomic E-state index is 11.6. The van der Waals surface area contributed by atoms with Crippen LogP contribution in [0.3, 0.4) is 0 Å². The second-order valence-corrected chi connectivity index (χ2v) is 6.39. The molecule has 1 aromatic heterocycles. The lowest BCUT2D eigenvalue weighted by Crippen LogP contribution is -2.39. The van der Waals surface area contributed by atoms with E-state index in [2.05, 4.69) is 15.5 Å². The summed E-state index contributed by atoms with van der Waals surface area (Å²) in [5.41, 5.74) is 3.93. The molecular formula is C17H21N3O3. The Hall–Kier alpha value is -2.18. The number of nitrogens with zero attached hydrogens (tertiary/aromatic N) is 1. The molecule has 3 N–H and O–H groups in total. The van der Waals surface area contributed by atoms with Gasteiger partial charge in [-0.15, -0.1) is 0 Å². The second-order valence-electron chi connectivity index (χ2n) is 6.39. The Bertz CT molecular complexity index is 723. The van der Waals surface area contributed by atoms with Gasteiger partial charge >= 0.3 is 5.97 Å². The molecular weight excluding hydrogens is 294 g/mol. The standard InChI is InChI=1S/C17H21N3O3/c1-10-12(4-5-13-14(10)9-23-16(13)22)15(21)8-18-17(2,3)11-6-19-20-7-11/h4-7,15,18,21H,8-9H2,1-3H3,(H,19,20). The smallest absolute Gasteiger partial charge is 0.338 e. The third-order valence-corrected chi connectivity index (χ3v) is 4.52. The van der Waals surface area contributed by atoms with Gasteiger partial charge in [-0.1, -0.05) is 6.07 Å². The molecule has 0 amide bonds. The summed E-state index contributed by atoms with van der Waals surface area (Å²) in [4.78, 5) is 11.6. The third-order valence-electron chi connectivity index (χ3n) is 4.52. The predicted octanol–water partition coefficient (Wildman–Crippen LogP) is 1.95. The summed E-state index contributed by atoms with van der Waals surface area (Å²) in [5.74, 6) is -0.289. The Kier molecular flexibility index (Phi) is 3.95. The molecule has 23 heavy (non-hydrogen) atoms. The topological polar surface area (TPSA) is 87.2 Å². The second kappa shape index (κ2) is 5.79. The number of carbonyl (C=O) groups is 1. The molecule has 1 unspecified atom stereocenters. The van der Waals surface area contributed by atoms with Gasteiger partial charge in [-0.3, -0.25) is 5.10 Å². The van der Waals surface area contributed by atoms with Crippen LogP contribution in [0.25, 0.3) is 0 Å². The minimum absolute atomic E-state index is 0.286. The zero-order chi connectivity index (χ0) is 16.6. The van der Waals surface area contributed by atoms with Crippen molar-refractivity contribution in [3.8, 4) is 0 Å². The number of rotatable bonds is 5. The molecule has 2 heterocycles. The Morgan fingerprint density at radius 3 is 2.96 bits per heavy atom. The van der Waals surface area contributed by atoms with Crippen molar-refractivity contribution in [3.63, 3.8) is 0 Å². The van der Waals surface area contributed by atoms with Crippen molar-refractivity contribution in [1.29, 1.82) is 0 Å². The highest BCUT2D eigenvalue weighted by atomic mass is 16.5. The fraction of sp³-hybridized carbons (Fsp3) is 0.412. The summed E-state index contributed by atoms with van der Waals surface area (Å²) in [6, 6.07) is 3.54. The van der Waals surface area contributed by atoms with E-state index in [0.29, 0.717) is 12.1 Å². The van der Waals surface area contributed by atoms with Crippen LogP contribution in [0.4, 0.5) is 0 Å². The van der Waals surface area contributed by atoms with Crippen LogP contribution in [-0.4, -0.2) is 27.8 Å². The summed E-state index contributed by atoms with van der Waals surface area (Å²) in [7, 11) is 0. The molecule has 0 saturated carbocycles. The molecule has 0 aliphatic carbocycles. The number of cyclic esters (lactones) is 1. The van der Waals surface area contributed by atoms with Crippen molar-refractivity contribution in [3.05, 3.63) is 52.3 Å². The van der Waals surface area contributed by atoms with Crippen LogP contribution in [0.5, 0.6) is 0 Å². The molecule has 0 saturated heterocycles. The number of aliphatic hydroxyl groups is 1. The van der Waals surface area contributed by atoms with E-state index in [9.17, 15) is 9.90 Å². The molecule has 6 heteroatoms. The summed E-state index contributed by atoms with van der Waals surface area (Å²) in [6.07, 6.45) is 2.94. The van der Waals surface area contributed by atoms with Crippen LogP contribution >= 0.6 is 0 Å². The number of aromatic amines is 1. The van der Waals surface area contributed by atoms with Crippen LogP contribution in [0.2, 0.25) is 0 Å². The Morgan fingerprint density at radius 2 is 2.26 bits per heavy atom. The van der Waals surface area contributed by atoms with Gasteiger partial charge in [0.15, 0.2) is 0 Å². The molecule has 0 fully saturated rings. The van der Waals surface area contributed by atoms with Gasteiger partial charge in [0.2, 0.25) is 0 Å². The highest BCUT2D eigenvalue weighted by Crippen LogP contribution is 2.29. The minimum Gasteiger partial charge on any atom is -0.457 e. The quantitative estimate of drug-likeness (QED) is 0.734. The van der Waals surface area contributed by atoms with Gasteiger partial charge < -0.3 is 15.2 Å². The van der Waals surface area contributed by atoms with E-state index in [-0.39, 0.29) is 18.1 Å². The molecule has 1 aliphatic rings. The molecule has 6 nitrogen and oxygen atoms in total. The molecule has 1 atom stereocenters. The zero-order valence-corrected chi connectivity index (χ0v) is 13.5. The average Bonchev–Trinajstić information content (AvgIpc) is 3.16. The number of fused-ring (bicyclic) bond motifs is 1. The first-order chi connectivity index (χ1) is 10.9. The number of esters is 1. The zero-order valence-electron chi connectivity index (χ0n) is 13.5. The molecule has 0 radical (unpaired) electrons. The van der Waals surface area contributed by atoms with Crippen molar-refractivity contribution < 1.29 is 14.6 Å². The van der Waals surface area contributed by atoms with E-state index < -0.39 is 6.10 Å². The number of hydrogen-bond acceptors (Lipinski definition) is 5. The summed E-state index contributed by atoms with van der Waals surface area (Å²) < 4.78 is 5.06. The van der Waals surface area contributed by atoms with Gasteiger partial charge in [-0.2, -0.15) is 5.10 Å². The van der Waals surface area contributed by atoms with Crippen molar-refractivity contribution in [2.75, 3.05) is 6.54 Å². The lowest BCUT2D eigenvalue weighted by Gasteiger charge is -2.27. The molecule has 1 aliphatic heterocycles. The number of nitrogens with one attached hydrogen (secondary N) is 2. The lowest BCUT2D eigenvalue weighted by atomic mass is 9.94. The van der Waals surface area contributed by atoms with E-state index in [1.807, 2.05) is 27.0 Å². The Labute approximate surface area is 134 Å². The number of ether oxygens (including phenoxy) is 1. The molecule has 1 aromatic carbocycles. The van der Waals surface area contributed by atoms with Crippen molar-refractivity contribution in [2.45, 2.75) is 39.0 Å². The number of aliphatic hydroxyl groups excluding tert-OH is 1. The molecule has 0 bridgehead atoms. The van der Waals surface area contributed by atoms with E-state index in [1.54, 1.807) is 18.3 Å². The number of hydrogen-bond donors (Lipinski definition) is 3. The fourth-order valence-electron chi connectivity index (χ4n) is 2.89. The number of aromatic nitrogens is 2. The van der Waals surface area contributed by atoms with Gasteiger partial charge in [-0.05, 0) is 38.0 Å². The summed E-state index contributed by atoms with van der Waals surface area (Å²) in [5, 5.41) is 20.7. The highest BCUT2D eigenvalue weighted by molar-refractivity contribution is 5.93. The SMILES string of the molecule is Cc1c(C(O)CNC(C)(C)c2cn[nH]c2)ccc2c1COC2=O. The average molecular weight is 315 g/mol. The Morgan fingerprint density at radius 1 is 1.48 bits per heavy atom. The molecule has 0 spiro atoms. The van der Waals surface area contributed by atoms with Crippen LogP contribution in [-0.2, 0) is 16.9 Å². The predicted molar refractivity (Wildman–Crippen MR) is 84.9 cm³/mol. The summed E-state index contributed by atoms with van der Waals surface area (Å²) in [6.45, 7) is 6.67. The van der Waals surface area contributed by atoms with Gasteiger partial charge in [0, 0.05) is 29.4 Å². The van der Waals surface area contributed by atoms with Gasteiger partial charge in [0.25, 0.3) is 0 Å². The van der Waals surface area contributed by atoms with Crippen LogP contribution in [0.15, 0.2) is 24.5 Å². The molecule has 2 aromatic rings. The van der Waals surface area contributed by atoms with E-state index in [1.165, 1.54) is 0 Å². The van der Waals surface area contributed by atoms with Gasteiger partial charge in [0.05, 0.1) is 17.9 Å². The maximum Gasteiger partial charge on any atom is 0.338 e. The minimum atomic E-state index is -0.665. The van der Waals surface area contributed by atoms with Crippen molar-refractivity contribution in [2.24, 2.45) is 0 Å². The maximum absolute atomic E-state index is 11.6. The molecule has 122 valence electrons. The first-order valence-corrected chi connectivity index (χ1v) is 7.62. The fourth-order valence-corrected chi connectivity index (χ4v) is 2.89. The van der Waals surface area contributed by atoms with E-state index in [4.69, 9.17) is 4.74 Å². The van der Waals surface area contributed by atoms with Gasteiger partial charge in [-0.25, -0.2) is 4.79 Å². The number of carbonyl (C=O) groups excluding carboxylic acids is 1. The van der Waals surface area contributed by atoms with E-state index >= 15 is 0 Å². The van der Waals surface area contributed by atoms with E-state index in [0.717, 1.165) is 22.3 Å². The monoisotopic (exact) mass is 315 g/mol. The number of benzene rings is 1. The first kappa shape index (κ1) is 15.7. The highest BCUT2D eigenvalue weighted by Gasteiger charge is 2.27. The van der Waals surface area contributed by atoms with Crippen molar-refractivity contribution >= 4 is 5.97 Å². The van der Waals surface area contributed by atoms with Gasteiger partial charge in [0.1, 0.15) is 6.61 Å². The Balaban J connectivity index is 1.74. The third kappa shape index (κ3) is 2.87. The van der Waals surface area contributed by atoms with Crippen LogP contribution < -0.4 is 5.32 Å². The lowest BCUT2D eigenvalue weighted by molar-refractivity contribution is 0.0535. The molecule has 3 rings (SSSR count). The summed E-state index contributed by atoms with van der Waals surface area (Å²) >= 11 is 0. The first-order valence-electron chi connectivity index (χ1n) is 7.62. The van der Waals surface area contributed by atoms with Crippen LogP contribution in [0.1, 0.15) is 52.6 Å². The largest absolute Gasteiger partial charge is 0.457 e. The normalized spacial score (nSPS) is 15.4. The van der Waals surface area contributed by atoms with Crippen LogP contribution in [0, 0.1) is 6.92 Å². The van der Waals surface area contributed by atoms with Crippen molar-refractivity contribution in [1.82, 2.24) is 15.5 Å². The number of H-pyrrole nitrogens is 1.